The highest BCUT2D eigenvalue weighted by molar-refractivity contribution is 6.02. The molecule has 3 amide bonds. The molecule has 3 aliphatic heterocycles. The molecule has 0 bridgehead atoms. The average molecular weight is 607 g/mol. The van der Waals surface area contributed by atoms with Gasteiger partial charge in [0, 0.05) is 68.6 Å². The summed E-state index contributed by atoms with van der Waals surface area (Å²) in [6, 6.07) is 11.1. The molecule has 0 aliphatic carbocycles. The lowest BCUT2D eigenvalue weighted by Gasteiger charge is -2.43. The van der Waals surface area contributed by atoms with Gasteiger partial charge in [-0.2, -0.15) is 18.2 Å². The summed E-state index contributed by atoms with van der Waals surface area (Å²) >= 11 is 0. The molecule has 1 saturated heterocycles. The largest absolute Gasteiger partial charge is 0.418 e. The number of halogens is 3. The Bertz CT molecular complexity index is 1600. The van der Waals surface area contributed by atoms with Crippen LogP contribution < -0.4 is 20.0 Å². The Morgan fingerprint density at radius 1 is 1.05 bits per heavy atom. The van der Waals surface area contributed by atoms with Crippen molar-refractivity contribution in [2.24, 2.45) is 0 Å². The Hall–Kier alpha value is -4.65. The molecule has 1 N–H and O–H groups in total. The molecule has 44 heavy (non-hydrogen) atoms. The number of likely N-dealkylation sites (N-methyl/N-ethyl adjacent to an activating group) is 1. The zero-order valence-electron chi connectivity index (χ0n) is 24.5. The number of benzene rings is 2. The standard InChI is InChI=1S/C31H33F3N8O2/c1-4-27(43)41-12-11-25(22-7-5-6-8-24(22)41)42-19-20-18-35-29(37-28(20)39(3)30(42)44)36-21-9-10-26(23(17-21)31(32,33)34)40-15-13-38(2)14-16-40/h4-10,17-18,25H,1,11-16,19H2,2-3H3,(H,35,36,37). The maximum absolute atomic E-state index is 14.1. The van der Waals surface area contributed by atoms with Crippen molar-refractivity contribution in [3.05, 3.63) is 78.0 Å². The summed E-state index contributed by atoms with van der Waals surface area (Å²) < 4.78 is 42.3. The quantitative estimate of drug-likeness (QED) is 0.408. The number of hydrogen-bond acceptors (Lipinski definition) is 7. The van der Waals surface area contributed by atoms with Crippen LogP contribution in [0.2, 0.25) is 0 Å². The summed E-state index contributed by atoms with van der Waals surface area (Å²) in [7, 11) is 3.56. The number of fused-ring (bicyclic) bond motifs is 2. The van der Waals surface area contributed by atoms with Crippen LogP contribution in [-0.2, 0) is 17.5 Å². The molecule has 10 nitrogen and oxygen atoms in total. The van der Waals surface area contributed by atoms with E-state index in [1.807, 2.05) is 31.3 Å². The summed E-state index contributed by atoms with van der Waals surface area (Å²) in [6.45, 7) is 6.66. The zero-order valence-corrected chi connectivity index (χ0v) is 24.5. The molecular weight excluding hydrogens is 573 g/mol. The number of para-hydroxylation sites is 1. The first-order valence-corrected chi connectivity index (χ1v) is 14.4. The number of rotatable bonds is 5. The number of alkyl halides is 3. The van der Waals surface area contributed by atoms with E-state index in [-0.39, 0.29) is 41.8 Å². The van der Waals surface area contributed by atoms with Crippen LogP contribution in [0.25, 0.3) is 0 Å². The lowest BCUT2D eigenvalue weighted by Crippen LogP contribution is -2.49. The average Bonchev–Trinajstić information content (AvgIpc) is 3.02. The maximum atomic E-state index is 14.1. The highest BCUT2D eigenvalue weighted by Crippen LogP contribution is 2.42. The van der Waals surface area contributed by atoms with E-state index in [2.05, 4.69) is 26.8 Å². The molecule has 3 aliphatic rings. The molecule has 3 aromatic rings. The van der Waals surface area contributed by atoms with Crippen LogP contribution in [0.5, 0.6) is 0 Å². The van der Waals surface area contributed by atoms with E-state index < -0.39 is 11.7 Å². The molecule has 0 radical (unpaired) electrons. The van der Waals surface area contributed by atoms with Crippen molar-refractivity contribution in [3.8, 4) is 0 Å². The summed E-state index contributed by atoms with van der Waals surface area (Å²) in [6.07, 6.45) is -1.14. The van der Waals surface area contributed by atoms with Crippen molar-refractivity contribution in [2.75, 3.05) is 66.8 Å². The van der Waals surface area contributed by atoms with Gasteiger partial charge in [-0.25, -0.2) is 9.78 Å². The molecule has 1 unspecified atom stereocenters. The van der Waals surface area contributed by atoms with Crippen LogP contribution in [0.1, 0.15) is 29.2 Å². The first-order chi connectivity index (χ1) is 21.0. The Kier molecular flexibility index (Phi) is 7.66. The third-order valence-electron chi connectivity index (χ3n) is 8.46. The molecule has 4 heterocycles. The number of urea groups is 1. The van der Waals surface area contributed by atoms with E-state index in [0.717, 1.165) is 17.3 Å². The third kappa shape index (κ3) is 5.43. The number of piperazine rings is 1. The minimum atomic E-state index is -4.54. The van der Waals surface area contributed by atoms with Crippen LogP contribution in [0, 0.1) is 0 Å². The lowest BCUT2D eigenvalue weighted by molar-refractivity contribution is -0.137. The number of aromatic nitrogens is 2. The first kappa shape index (κ1) is 29.4. The van der Waals surface area contributed by atoms with E-state index in [0.29, 0.717) is 50.5 Å². The molecule has 230 valence electrons. The van der Waals surface area contributed by atoms with Gasteiger partial charge in [0.05, 0.1) is 18.2 Å². The molecule has 2 aromatic carbocycles. The number of carbonyl (C=O) groups is 2. The van der Waals surface area contributed by atoms with E-state index in [4.69, 9.17) is 0 Å². The second-order valence-corrected chi connectivity index (χ2v) is 11.2. The predicted octanol–water partition coefficient (Wildman–Crippen LogP) is 5.03. The molecule has 1 aromatic heterocycles. The number of anilines is 5. The SMILES string of the molecule is C=CC(=O)N1CCC(N2Cc3cnc(Nc4ccc(N5CCN(C)CC5)c(C(F)(F)F)c4)nc3N(C)C2=O)c2ccccc21. The Morgan fingerprint density at radius 2 is 1.80 bits per heavy atom. The molecule has 1 atom stereocenters. The fourth-order valence-corrected chi connectivity index (χ4v) is 6.14. The van der Waals surface area contributed by atoms with Crippen molar-refractivity contribution < 1.29 is 22.8 Å². The minimum Gasteiger partial charge on any atom is -0.368 e. The number of carbonyl (C=O) groups excluding carboxylic acids is 2. The normalized spacial score (nSPS) is 19.0. The molecule has 0 saturated carbocycles. The lowest BCUT2D eigenvalue weighted by atomic mass is 9.94. The Morgan fingerprint density at radius 3 is 2.52 bits per heavy atom. The van der Waals surface area contributed by atoms with E-state index in [1.54, 1.807) is 34.0 Å². The van der Waals surface area contributed by atoms with Crippen LogP contribution in [0.15, 0.2) is 61.3 Å². The fraction of sp³-hybridized carbons (Fsp3) is 0.355. The van der Waals surface area contributed by atoms with Gasteiger partial charge in [-0.05, 0) is 49.4 Å². The zero-order chi connectivity index (χ0) is 31.2. The molecule has 13 heteroatoms. The van der Waals surface area contributed by atoms with Gasteiger partial charge in [-0.1, -0.05) is 24.8 Å². The predicted molar refractivity (Wildman–Crippen MR) is 162 cm³/mol. The van der Waals surface area contributed by atoms with Crippen molar-refractivity contribution in [1.29, 1.82) is 0 Å². The van der Waals surface area contributed by atoms with E-state index in [1.165, 1.54) is 17.0 Å². The number of nitrogens with zero attached hydrogens (tertiary/aromatic N) is 7. The van der Waals surface area contributed by atoms with Crippen molar-refractivity contribution in [2.45, 2.75) is 25.2 Å². The van der Waals surface area contributed by atoms with E-state index >= 15 is 0 Å². The Labute approximate surface area is 253 Å². The van der Waals surface area contributed by atoms with Gasteiger partial charge < -0.3 is 24.9 Å². The van der Waals surface area contributed by atoms with Crippen LogP contribution >= 0.6 is 0 Å². The van der Waals surface area contributed by atoms with Gasteiger partial charge in [0.2, 0.25) is 11.9 Å². The van der Waals surface area contributed by atoms with Gasteiger partial charge in [-0.3, -0.25) is 9.69 Å². The second-order valence-electron chi connectivity index (χ2n) is 11.2. The second kappa shape index (κ2) is 11.5. The molecular formula is C31H33F3N8O2. The molecule has 6 rings (SSSR count). The van der Waals surface area contributed by atoms with Crippen molar-refractivity contribution in [1.82, 2.24) is 19.8 Å². The maximum Gasteiger partial charge on any atom is 0.418 e. The molecule has 1 fully saturated rings. The van der Waals surface area contributed by atoms with Crippen LogP contribution in [-0.4, -0.2) is 78.5 Å². The van der Waals surface area contributed by atoms with Gasteiger partial charge in [0.25, 0.3) is 0 Å². The van der Waals surface area contributed by atoms with Gasteiger partial charge in [0.15, 0.2) is 0 Å². The van der Waals surface area contributed by atoms with Crippen molar-refractivity contribution >= 4 is 40.8 Å². The van der Waals surface area contributed by atoms with Gasteiger partial charge in [0.1, 0.15) is 5.82 Å². The first-order valence-electron chi connectivity index (χ1n) is 14.4. The smallest absolute Gasteiger partial charge is 0.368 e. The van der Waals surface area contributed by atoms with Gasteiger partial charge in [-0.15, -0.1) is 0 Å². The number of nitrogens with one attached hydrogen (secondary N) is 1. The molecule has 0 spiro atoms. The fourth-order valence-electron chi connectivity index (χ4n) is 6.14. The monoisotopic (exact) mass is 606 g/mol. The summed E-state index contributed by atoms with van der Waals surface area (Å²) in [5.74, 6) is 0.258. The minimum absolute atomic E-state index is 0.0823. The highest BCUT2D eigenvalue weighted by Gasteiger charge is 2.39. The number of amides is 3. The van der Waals surface area contributed by atoms with Crippen LogP contribution in [0.4, 0.5) is 46.8 Å². The van der Waals surface area contributed by atoms with Crippen molar-refractivity contribution in [3.63, 3.8) is 0 Å². The summed E-state index contributed by atoms with van der Waals surface area (Å²) in [5.41, 5.74) is 1.91. The summed E-state index contributed by atoms with van der Waals surface area (Å²) in [4.78, 5) is 43.7. The highest BCUT2D eigenvalue weighted by atomic mass is 19.4. The topological polar surface area (TPSA) is 88.2 Å². The number of hydrogen-bond donors (Lipinski definition) is 1. The Balaban J connectivity index is 1.24. The van der Waals surface area contributed by atoms with E-state index in [9.17, 15) is 22.8 Å². The summed E-state index contributed by atoms with van der Waals surface area (Å²) in [5, 5.41) is 2.90. The van der Waals surface area contributed by atoms with Gasteiger partial charge >= 0.3 is 12.2 Å². The van der Waals surface area contributed by atoms with Crippen LogP contribution in [0.3, 0.4) is 0 Å². The third-order valence-corrected chi connectivity index (χ3v) is 8.46.